The summed E-state index contributed by atoms with van der Waals surface area (Å²) in [5.74, 6) is -2.28. The number of hydrogen-bond donors (Lipinski definition) is 1. The molecule has 0 saturated carbocycles. The smallest absolute Gasteiger partial charge is 0.298 e. The highest BCUT2D eigenvalue weighted by Gasteiger charge is 2.21. The van der Waals surface area contributed by atoms with E-state index in [2.05, 4.69) is 5.32 Å². The molecule has 1 aliphatic heterocycles. The predicted molar refractivity (Wildman–Crippen MR) is 47.2 cm³/mol. The van der Waals surface area contributed by atoms with Gasteiger partial charge in [0.1, 0.15) is 0 Å². The maximum atomic E-state index is 12.0. The molecule has 12 heavy (non-hydrogen) atoms. The van der Waals surface area contributed by atoms with E-state index >= 15 is 0 Å². The molecule has 1 heterocycles. The first-order chi connectivity index (χ1) is 5.72. The number of alkyl halides is 2. The summed E-state index contributed by atoms with van der Waals surface area (Å²) in [7, 11) is 1.88. The van der Waals surface area contributed by atoms with Crippen LogP contribution in [-0.4, -0.2) is 36.2 Å². The fraction of sp³-hybridized carbons (Fsp3) is 1.00. The number of likely N-dealkylation sites (N-methyl/N-ethyl adjacent to an activating group) is 1. The monoisotopic (exact) mass is 196 g/mol. The Bertz CT molecular complexity index is 135. The Morgan fingerprint density at radius 3 is 2.92 bits per heavy atom. The molecule has 2 nitrogen and oxygen atoms in total. The Morgan fingerprint density at radius 2 is 2.33 bits per heavy atom. The van der Waals surface area contributed by atoms with Crippen LogP contribution in [0.5, 0.6) is 0 Å². The van der Waals surface area contributed by atoms with Gasteiger partial charge in [0, 0.05) is 19.1 Å². The zero-order valence-corrected chi connectivity index (χ0v) is 7.91. The maximum absolute atomic E-state index is 12.0. The van der Waals surface area contributed by atoms with Crippen LogP contribution in [0.3, 0.4) is 0 Å². The summed E-state index contributed by atoms with van der Waals surface area (Å²) in [6.45, 7) is 1.51. The lowest BCUT2D eigenvalue weighted by Crippen LogP contribution is -2.41. The average molecular weight is 196 g/mol. The summed E-state index contributed by atoms with van der Waals surface area (Å²) in [4.78, 5) is 0. The van der Waals surface area contributed by atoms with Crippen molar-refractivity contribution < 1.29 is 8.78 Å². The van der Waals surface area contributed by atoms with Crippen LogP contribution in [0.15, 0.2) is 0 Å². The van der Waals surface area contributed by atoms with E-state index in [4.69, 9.17) is 0 Å². The van der Waals surface area contributed by atoms with E-state index in [9.17, 15) is 8.78 Å². The number of nitrogens with zero attached hydrogens (tertiary/aromatic N) is 1. The van der Waals surface area contributed by atoms with E-state index in [0.29, 0.717) is 18.0 Å². The molecule has 0 aromatic heterocycles. The van der Waals surface area contributed by atoms with E-state index in [1.54, 1.807) is 4.31 Å². The second kappa shape index (κ2) is 4.99. The van der Waals surface area contributed by atoms with Gasteiger partial charge < -0.3 is 5.32 Å². The highest BCUT2D eigenvalue weighted by molar-refractivity contribution is 7.97. The van der Waals surface area contributed by atoms with Gasteiger partial charge in [0.2, 0.25) is 0 Å². The summed E-state index contributed by atoms with van der Waals surface area (Å²) in [6, 6.07) is 0.380. The molecule has 0 aliphatic carbocycles. The molecule has 1 N–H and O–H groups in total. The van der Waals surface area contributed by atoms with Crippen molar-refractivity contribution in [1.82, 2.24) is 9.62 Å². The van der Waals surface area contributed by atoms with Gasteiger partial charge in [-0.3, -0.25) is 0 Å². The van der Waals surface area contributed by atoms with Gasteiger partial charge >= 0.3 is 0 Å². The van der Waals surface area contributed by atoms with Gasteiger partial charge in [0.15, 0.2) is 0 Å². The largest absolute Gasteiger partial charge is 0.316 e. The van der Waals surface area contributed by atoms with Gasteiger partial charge in [0.05, 0.1) is 0 Å². The van der Waals surface area contributed by atoms with Gasteiger partial charge in [-0.05, 0) is 31.8 Å². The Balaban J connectivity index is 2.25. The first kappa shape index (κ1) is 10.2. The predicted octanol–water partition coefficient (Wildman–Crippen LogP) is 1.54. The minimum atomic E-state index is -2.28. The number of hydrogen-bond acceptors (Lipinski definition) is 3. The van der Waals surface area contributed by atoms with Crippen molar-refractivity contribution in [3.63, 3.8) is 0 Å². The normalized spacial score (nSPS) is 26.5. The summed E-state index contributed by atoms with van der Waals surface area (Å²) in [5.41, 5.74) is 0. The Kier molecular flexibility index (Phi) is 4.25. The fourth-order valence-electron chi connectivity index (χ4n) is 1.39. The first-order valence-electron chi connectivity index (χ1n) is 4.09. The minimum Gasteiger partial charge on any atom is -0.316 e. The van der Waals surface area contributed by atoms with Crippen molar-refractivity contribution in [2.24, 2.45) is 0 Å². The average Bonchev–Trinajstić information content (AvgIpc) is 2.03. The molecule has 0 aromatic carbocycles. The molecule has 72 valence electrons. The molecule has 0 bridgehead atoms. The van der Waals surface area contributed by atoms with E-state index in [-0.39, 0.29) is 0 Å². The van der Waals surface area contributed by atoms with Crippen LogP contribution in [0.4, 0.5) is 8.78 Å². The van der Waals surface area contributed by atoms with E-state index in [0.717, 1.165) is 25.9 Å². The Labute approximate surface area is 75.8 Å². The highest BCUT2D eigenvalue weighted by Crippen LogP contribution is 2.23. The van der Waals surface area contributed by atoms with E-state index in [1.807, 2.05) is 7.05 Å². The third kappa shape index (κ3) is 3.25. The second-order valence-corrected chi connectivity index (χ2v) is 3.97. The summed E-state index contributed by atoms with van der Waals surface area (Å²) in [5, 5.41) is 3.11. The first-order valence-corrected chi connectivity index (χ1v) is 4.93. The molecule has 1 rings (SSSR count). The third-order valence-electron chi connectivity index (χ3n) is 2.02. The van der Waals surface area contributed by atoms with Gasteiger partial charge in [0.25, 0.3) is 5.76 Å². The molecule has 1 unspecified atom stereocenters. The van der Waals surface area contributed by atoms with Crippen LogP contribution >= 0.6 is 11.9 Å². The molecule has 0 amide bonds. The third-order valence-corrected chi connectivity index (χ3v) is 2.81. The minimum absolute atomic E-state index is 0.380. The van der Waals surface area contributed by atoms with Crippen LogP contribution < -0.4 is 5.32 Å². The van der Waals surface area contributed by atoms with Crippen molar-refractivity contribution in [3.8, 4) is 0 Å². The van der Waals surface area contributed by atoms with Crippen molar-refractivity contribution >= 4 is 11.9 Å². The number of rotatable bonds is 3. The fourth-order valence-corrected chi connectivity index (χ4v) is 2.11. The van der Waals surface area contributed by atoms with Gasteiger partial charge in [-0.1, -0.05) is 0 Å². The summed E-state index contributed by atoms with van der Waals surface area (Å²) >= 11 is 0.654. The molecular formula is C7H14F2N2S. The molecule has 1 fully saturated rings. The molecule has 1 saturated heterocycles. The lowest BCUT2D eigenvalue weighted by atomic mass is 10.1. The zero-order chi connectivity index (χ0) is 8.97. The molecular weight excluding hydrogens is 182 g/mol. The number of halogens is 2. The van der Waals surface area contributed by atoms with Crippen molar-refractivity contribution in [2.45, 2.75) is 24.6 Å². The van der Waals surface area contributed by atoms with Crippen LogP contribution in [-0.2, 0) is 0 Å². The van der Waals surface area contributed by atoms with Crippen molar-refractivity contribution in [2.75, 3.05) is 20.1 Å². The Hall–Kier alpha value is 0.130. The molecule has 0 aromatic rings. The molecule has 1 aliphatic rings. The second-order valence-electron chi connectivity index (χ2n) is 2.88. The SMILES string of the molecule is CNC1CCCN(SC(F)F)C1. The standard InChI is InChI=1S/C7H14F2N2S/c1-10-6-3-2-4-11(5-6)12-7(8)9/h6-7,10H,2-5H2,1H3. The molecule has 0 spiro atoms. The van der Waals surface area contributed by atoms with Gasteiger partial charge in [-0.2, -0.15) is 8.78 Å². The topological polar surface area (TPSA) is 15.3 Å². The number of nitrogens with one attached hydrogen (secondary N) is 1. The van der Waals surface area contributed by atoms with Gasteiger partial charge in [-0.25, -0.2) is 4.31 Å². The van der Waals surface area contributed by atoms with E-state index < -0.39 is 5.76 Å². The molecule has 5 heteroatoms. The van der Waals surface area contributed by atoms with Crippen molar-refractivity contribution in [3.05, 3.63) is 0 Å². The lowest BCUT2D eigenvalue weighted by Gasteiger charge is -2.30. The zero-order valence-electron chi connectivity index (χ0n) is 7.09. The summed E-state index contributed by atoms with van der Waals surface area (Å²) < 4.78 is 25.6. The number of piperidine rings is 1. The molecule has 1 atom stereocenters. The van der Waals surface area contributed by atoms with E-state index in [1.165, 1.54) is 0 Å². The van der Waals surface area contributed by atoms with Crippen molar-refractivity contribution in [1.29, 1.82) is 0 Å². The van der Waals surface area contributed by atoms with Crippen LogP contribution in [0.2, 0.25) is 0 Å². The Morgan fingerprint density at radius 1 is 1.58 bits per heavy atom. The van der Waals surface area contributed by atoms with Gasteiger partial charge in [-0.15, -0.1) is 0 Å². The quantitative estimate of drug-likeness (QED) is 0.689. The lowest BCUT2D eigenvalue weighted by molar-refractivity contribution is 0.235. The highest BCUT2D eigenvalue weighted by atomic mass is 32.2. The molecule has 0 radical (unpaired) electrons. The van der Waals surface area contributed by atoms with Crippen LogP contribution in [0, 0.1) is 0 Å². The van der Waals surface area contributed by atoms with Crippen LogP contribution in [0.1, 0.15) is 12.8 Å². The van der Waals surface area contributed by atoms with Crippen LogP contribution in [0.25, 0.3) is 0 Å². The maximum Gasteiger partial charge on any atom is 0.298 e. The summed E-state index contributed by atoms with van der Waals surface area (Å²) in [6.07, 6.45) is 2.10.